The predicted molar refractivity (Wildman–Crippen MR) is 113 cm³/mol. The van der Waals surface area contributed by atoms with E-state index in [1.807, 2.05) is 45.9 Å². The van der Waals surface area contributed by atoms with Crippen LogP contribution >= 0.6 is 11.3 Å². The van der Waals surface area contributed by atoms with Crippen LogP contribution in [-0.2, 0) is 0 Å². The summed E-state index contributed by atoms with van der Waals surface area (Å²) in [6.07, 6.45) is 0. The summed E-state index contributed by atoms with van der Waals surface area (Å²) >= 11 is 1.39. The van der Waals surface area contributed by atoms with Gasteiger partial charge < -0.3 is 0 Å². The highest BCUT2D eigenvalue weighted by atomic mass is 32.1. The molecule has 0 saturated heterocycles. The third-order valence-corrected chi connectivity index (χ3v) is 5.99. The zero-order chi connectivity index (χ0) is 20.9. The van der Waals surface area contributed by atoms with Crippen LogP contribution < -0.4 is 10.2 Å². The van der Waals surface area contributed by atoms with Crippen LogP contribution in [0.3, 0.4) is 0 Å². The Morgan fingerprint density at radius 3 is 2.38 bits per heavy atom. The molecule has 1 aliphatic heterocycles. The van der Waals surface area contributed by atoms with E-state index in [4.69, 9.17) is 0 Å². The van der Waals surface area contributed by atoms with E-state index in [1.54, 1.807) is 6.07 Å². The first-order valence-electron chi connectivity index (χ1n) is 9.11. The quantitative estimate of drug-likeness (QED) is 0.654. The summed E-state index contributed by atoms with van der Waals surface area (Å²) in [5, 5.41) is 3.26. The second-order valence-corrected chi connectivity index (χ2v) is 8.31. The van der Waals surface area contributed by atoms with Crippen molar-refractivity contribution in [3.8, 4) is 0 Å². The molecule has 2 aromatic carbocycles. The second-order valence-electron chi connectivity index (χ2n) is 7.11. The molecule has 3 aromatic rings. The number of amides is 3. The van der Waals surface area contributed by atoms with Crippen molar-refractivity contribution in [1.82, 2.24) is 4.98 Å². The van der Waals surface area contributed by atoms with Gasteiger partial charge in [-0.05, 0) is 63.1 Å². The van der Waals surface area contributed by atoms with Crippen molar-refractivity contribution in [1.29, 1.82) is 0 Å². The first-order chi connectivity index (χ1) is 13.8. The van der Waals surface area contributed by atoms with E-state index in [0.717, 1.165) is 21.7 Å². The number of nitrogens with one attached hydrogen (secondary N) is 1. The molecular formula is C22H19N3O3S. The van der Waals surface area contributed by atoms with Crippen molar-refractivity contribution in [3.63, 3.8) is 0 Å². The van der Waals surface area contributed by atoms with Gasteiger partial charge in [0.2, 0.25) is 0 Å². The van der Waals surface area contributed by atoms with Crippen LogP contribution in [0.1, 0.15) is 52.8 Å². The minimum Gasteiger partial charge on any atom is -0.298 e. The van der Waals surface area contributed by atoms with E-state index in [-0.39, 0.29) is 17.4 Å². The summed E-state index contributed by atoms with van der Waals surface area (Å²) in [5.41, 5.74) is 4.05. The number of aromatic nitrogens is 1. The highest BCUT2D eigenvalue weighted by Gasteiger charge is 2.37. The Bertz CT molecular complexity index is 1180. The normalized spacial score (nSPS) is 13.0. The lowest BCUT2D eigenvalue weighted by atomic mass is 10.1. The number of hydrogen-bond acceptors (Lipinski definition) is 5. The van der Waals surface area contributed by atoms with Gasteiger partial charge in [0.15, 0.2) is 5.13 Å². The largest absolute Gasteiger partial charge is 0.298 e. The third-order valence-electron chi connectivity index (χ3n) is 5.00. The summed E-state index contributed by atoms with van der Waals surface area (Å²) in [4.78, 5) is 45.0. The number of thiazole rings is 1. The van der Waals surface area contributed by atoms with E-state index in [1.165, 1.54) is 28.4 Å². The molecule has 0 aliphatic carbocycles. The molecule has 0 atom stereocenters. The minimum absolute atomic E-state index is 0.232. The lowest BCUT2D eigenvalue weighted by molar-refractivity contribution is 0.0925. The standard InChI is InChI=1S/C22H19N3O3S/c1-11-5-6-12(2)18(9-11)25-20(27)16-8-7-15(10-17(16)21(25)28)19(26)24-22-23-13(3)14(4)29-22/h5-10H,1-4H3,(H,23,24,26). The number of fused-ring (bicyclic) bond motifs is 1. The first-order valence-corrected chi connectivity index (χ1v) is 9.93. The van der Waals surface area contributed by atoms with Crippen molar-refractivity contribution >= 4 is 39.9 Å². The smallest absolute Gasteiger partial charge is 0.266 e. The van der Waals surface area contributed by atoms with Crippen molar-refractivity contribution in [2.45, 2.75) is 27.7 Å². The van der Waals surface area contributed by atoms with Crippen LogP contribution in [0.5, 0.6) is 0 Å². The molecule has 7 heteroatoms. The topological polar surface area (TPSA) is 79.4 Å². The number of imide groups is 1. The zero-order valence-electron chi connectivity index (χ0n) is 16.5. The molecule has 146 valence electrons. The number of aryl methyl sites for hydroxylation is 4. The van der Waals surface area contributed by atoms with Gasteiger partial charge in [-0.3, -0.25) is 19.7 Å². The van der Waals surface area contributed by atoms with Crippen LogP contribution in [0, 0.1) is 27.7 Å². The fraction of sp³-hybridized carbons (Fsp3) is 0.182. The molecular weight excluding hydrogens is 386 g/mol. The highest BCUT2D eigenvalue weighted by molar-refractivity contribution is 7.15. The van der Waals surface area contributed by atoms with Crippen LogP contribution in [-0.4, -0.2) is 22.7 Å². The fourth-order valence-electron chi connectivity index (χ4n) is 3.26. The summed E-state index contributed by atoms with van der Waals surface area (Å²) in [7, 11) is 0. The van der Waals surface area contributed by atoms with E-state index >= 15 is 0 Å². The lowest BCUT2D eigenvalue weighted by Gasteiger charge is -2.17. The number of carbonyl (C=O) groups is 3. The molecule has 0 spiro atoms. The Balaban J connectivity index is 1.66. The molecule has 3 amide bonds. The zero-order valence-corrected chi connectivity index (χ0v) is 17.3. The van der Waals surface area contributed by atoms with E-state index in [0.29, 0.717) is 21.9 Å². The van der Waals surface area contributed by atoms with Gasteiger partial charge in [-0.25, -0.2) is 9.88 Å². The Labute approximate surface area is 172 Å². The summed E-state index contributed by atoms with van der Waals surface area (Å²) in [5.74, 6) is -1.17. The Kier molecular flexibility index (Phi) is 4.55. The van der Waals surface area contributed by atoms with Gasteiger partial charge in [0.1, 0.15) is 0 Å². The molecule has 0 saturated carbocycles. The number of nitrogens with zero attached hydrogens (tertiary/aromatic N) is 2. The molecule has 6 nitrogen and oxygen atoms in total. The van der Waals surface area contributed by atoms with Gasteiger partial charge in [-0.15, -0.1) is 11.3 Å². The Morgan fingerprint density at radius 1 is 0.966 bits per heavy atom. The van der Waals surface area contributed by atoms with Gasteiger partial charge in [-0.2, -0.15) is 0 Å². The van der Waals surface area contributed by atoms with Crippen molar-refractivity contribution < 1.29 is 14.4 Å². The Morgan fingerprint density at radius 2 is 1.69 bits per heavy atom. The molecule has 0 fully saturated rings. The van der Waals surface area contributed by atoms with Crippen LogP contribution in [0.2, 0.25) is 0 Å². The minimum atomic E-state index is -0.422. The molecule has 0 radical (unpaired) electrons. The molecule has 1 N–H and O–H groups in total. The van der Waals surface area contributed by atoms with Gasteiger partial charge >= 0.3 is 0 Å². The SMILES string of the molecule is Cc1ccc(C)c(N2C(=O)c3ccc(C(=O)Nc4nc(C)c(C)s4)cc3C2=O)c1. The number of hydrogen-bond donors (Lipinski definition) is 1. The maximum atomic E-state index is 13.0. The number of anilines is 2. The molecule has 4 rings (SSSR count). The monoisotopic (exact) mass is 405 g/mol. The maximum Gasteiger partial charge on any atom is 0.266 e. The van der Waals surface area contributed by atoms with Crippen molar-refractivity contribution in [2.24, 2.45) is 0 Å². The summed E-state index contributed by atoms with van der Waals surface area (Å²) < 4.78 is 0. The van der Waals surface area contributed by atoms with Crippen LogP contribution in [0.15, 0.2) is 36.4 Å². The second kappa shape index (κ2) is 6.93. The first kappa shape index (κ1) is 19.0. The molecule has 29 heavy (non-hydrogen) atoms. The van der Waals surface area contributed by atoms with E-state index in [9.17, 15) is 14.4 Å². The fourth-order valence-corrected chi connectivity index (χ4v) is 4.07. The average molecular weight is 405 g/mol. The molecule has 0 unspecified atom stereocenters. The summed E-state index contributed by atoms with van der Waals surface area (Å²) in [6.45, 7) is 7.58. The third kappa shape index (κ3) is 3.23. The number of benzene rings is 2. The lowest BCUT2D eigenvalue weighted by Crippen LogP contribution is -2.30. The predicted octanol–water partition coefficient (Wildman–Crippen LogP) is 4.43. The number of carbonyl (C=O) groups excluding carboxylic acids is 3. The summed E-state index contributed by atoms with van der Waals surface area (Å²) in [6, 6.07) is 10.2. The van der Waals surface area contributed by atoms with E-state index in [2.05, 4.69) is 10.3 Å². The maximum absolute atomic E-state index is 13.0. The van der Waals surface area contributed by atoms with Gasteiger partial charge in [0, 0.05) is 10.4 Å². The van der Waals surface area contributed by atoms with Crippen LogP contribution in [0.4, 0.5) is 10.8 Å². The van der Waals surface area contributed by atoms with Gasteiger partial charge in [0.25, 0.3) is 17.7 Å². The Hall–Kier alpha value is -3.32. The van der Waals surface area contributed by atoms with Gasteiger partial charge in [-0.1, -0.05) is 12.1 Å². The van der Waals surface area contributed by atoms with Crippen LogP contribution in [0.25, 0.3) is 0 Å². The molecule has 1 aliphatic rings. The molecule has 0 bridgehead atoms. The van der Waals surface area contributed by atoms with Crippen molar-refractivity contribution in [2.75, 3.05) is 10.2 Å². The van der Waals surface area contributed by atoms with Crippen molar-refractivity contribution in [3.05, 3.63) is 74.8 Å². The van der Waals surface area contributed by atoms with Gasteiger partial charge in [0.05, 0.1) is 22.5 Å². The molecule has 1 aromatic heterocycles. The van der Waals surface area contributed by atoms with E-state index < -0.39 is 5.91 Å². The highest BCUT2D eigenvalue weighted by Crippen LogP contribution is 2.32. The molecule has 2 heterocycles. The average Bonchev–Trinajstić information content (AvgIpc) is 3.13. The number of rotatable bonds is 3.